The smallest absolute Gasteiger partial charge is 0.183 e. The Kier molecular flexibility index (Phi) is 4.90. The summed E-state index contributed by atoms with van der Waals surface area (Å²) in [5.41, 5.74) is 6.06. The summed E-state index contributed by atoms with van der Waals surface area (Å²) in [5.74, 6) is -0.839. The molecule has 0 bridgehead atoms. The predicted molar refractivity (Wildman–Crippen MR) is 95.0 cm³/mol. The molecule has 0 radical (unpaired) electrons. The van der Waals surface area contributed by atoms with Crippen molar-refractivity contribution in [3.05, 3.63) is 64.9 Å². The first kappa shape index (κ1) is 18.3. The number of benzene rings is 2. The quantitative estimate of drug-likeness (QED) is 0.831. The molecule has 1 aliphatic rings. The van der Waals surface area contributed by atoms with Gasteiger partial charge in [-0.15, -0.1) is 0 Å². The first-order valence-electron chi connectivity index (χ1n) is 7.92. The molecule has 0 spiro atoms. The zero-order valence-corrected chi connectivity index (χ0v) is 15.2. The fourth-order valence-electron chi connectivity index (χ4n) is 3.27. The molecular formula is C18H19ClFNO3S. The van der Waals surface area contributed by atoms with Crippen LogP contribution in [0.2, 0.25) is 5.02 Å². The van der Waals surface area contributed by atoms with Crippen molar-refractivity contribution in [2.75, 3.05) is 13.2 Å². The van der Waals surface area contributed by atoms with Gasteiger partial charge in [-0.05, 0) is 48.9 Å². The Labute approximate surface area is 151 Å². The van der Waals surface area contributed by atoms with E-state index in [2.05, 4.69) is 0 Å². The van der Waals surface area contributed by atoms with Crippen molar-refractivity contribution >= 4 is 21.4 Å². The second-order valence-electron chi connectivity index (χ2n) is 6.20. The number of rotatable bonds is 6. The predicted octanol–water partition coefficient (Wildman–Crippen LogP) is 3.15. The highest BCUT2D eigenvalue weighted by atomic mass is 35.5. The third kappa shape index (κ3) is 3.31. The maximum atomic E-state index is 13.2. The van der Waals surface area contributed by atoms with Crippen LogP contribution in [0.25, 0.3) is 0 Å². The Morgan fingerprint density at radius 1 is 1.16 bits per heavy atom. The maximum absolute atomic E-state index is 13.2. The van der Waals surface area contributed by atoms with Crippen molar-refractivity contribution in [3.8, 4) is 0 Å². The van der Waals surface area contributed by atoms with Gasteiger partial charge in [0.2, 0.25) is 0 Å². The Balaban J connectivity index is 1.99. The summed E-state index contributed by atoms with van der Waals surface area (Å²) >= 11 is 5.85. The number of hydrogen-bond donors (Lipinski definition) is 1. The molecule has 1 aliphatic carbocycles. The molecule has 1 saturated carbocycles. The van der Waals surface area contributed by atoms with Crippen LogP contribution >= 0.6 is 11.6 Å². The number of sulfone groups is 1. The largest absolute Gasteiger partial charge is 0.380 e. The lowest BCUT2D eigenvalue weighted by molar-refractivity contribution is 0.125. The van der Waals surface area contributed by atoms with Gasteiger partial charge in [-0.3, -0.25) is 0 Å². The molecule has 0 aliphatic heterocycles. The van der Waals surface area contributed by atoms with Gasteiger partial charge < -0.3 is 10.5 Å². The molecule has 2 aromatic rings. The highest BCUT2D eigenvalue weighted by Gasteiger charge is 2.69. The first-order chi connectivity index (χ1) is 11.8. The van der Waals surface area contributed by atoms with Gasteiger partial charge in [0.1, 0.15) is 5.82 Å². The normalized spacial score (nSPS) is 25.8. The highest BCUT2D eigenvalue weighted by Crippen LogP contribution is 2.55. The summed E-state index contributed by atoms with van der Waals surface area (Å²) < 4.78 is 44.8. The van der Waals surface area contributed by atoms with Crippen molar-refractivity contribution in [2.45, 2.75) is 28.5 Å². The molecule has 1 fully saturated rings. The molecular weight excluding hydrogens is 365 g/mol. The van der Waals surface area contributed by atoms with E-state index >= 15 is 0 Å². The third-order valence-electron chi connectivity index (χ3n) is 4.56. The summed E-state index contributed by atoms with van der Waals surface area (Å²) in [4.78, 5) is 0.165. The van der Waals surface area contributed by atoms with Gasteiger partial charge >= 0.3 is 0 Å². The number of hydrogen-bond acceptors (Lipinski definition) is 4. The van der Waals surface area contributed by atoms with E-state index in [1.165, 1.54) is 36.4 Å². The van der Waals surface area contributed by atoms with Gasteiger partial charge in [-0.2, -0.15) is 0 Å². The minimum Gasteiger partial charge on any atom is -0.380 e. The van der Waals surface area contributed by atoms with E-state index in [4.69, 9.17) is 22.1 Å². The van der Waals surface area contributed by atoms with Gasteiger partial charge in [0.15, 0.2) is 9.84 Å². The van der Waals surface area contributed by atoms with E-state index in [0.29, 0.717) is 17.2 Å². The van der Waals surface area contributed by atoms with Crippen LogP contribution < -0.4 is 5.73 Å². The average Bonchev–Trinajstić information content (AvgIpc) is 3.21. The standard InChI is InChI=1S/C18H19ClFNO3S/c1-2-24-11-18(21)16(12-3-7-14(20)8-4-12)17(18)25(22,23)15-9-5-13(19)6-10-15/h3-10,16-17H,2,11,21H2,1H3. The molecule has 25 heavy (non-hydrogen) atoms. The average molecular weight is 384 g/mol. The lowest BCUT2D eigenvalue weighted by Crippen LogP contribution is -2.36. The Bertz CT molecular complexity index is 855. The van der Waals surface area contributed by atoms with Crippen LogP contribution in [-0.4, -0.2) is 32.4 Å². The fraction of sp³-hybridized carbons (Fsp3) is 0.333. The third-order valence-corrected chi connectivity index (χ3v) is 7.12. The molecule has 0 heterocycles. The molecule has 3 unspecified atom stereocenters. The molecule has 2 N–H and O–H groups in total. The molecule has 134 valence electrons. The van der Waals surface area contributed by atoms with Gasteiger partial charge in [-0.1, -0.05) is 23.7 Å². The van der Waals surface area contributed by atoms with Crippen LogP contribution in [0.3, 0.4) is 0 Å². The molecule has 0 saturated heterocycles. The maximum Gasteiger partial charge on any atom is 0.183 e. The minimum atomic E-state index is -3.69. The van der Waals surface area contributed by atoms with Crippen LogP contribution in [0.4, 0.5) is 4.39 Å². The molecule has 7 heteroatoms. The number of nitrogens with two attached hydrogens (primary N) is 1. The molecule has 0 amide bonds. The van der Waals surface area contributed by atoms with E-state index in [0.717, 1.165) is 0 Å². The van der Waals surface area contributed by atoms with Gasteiger partial charge in [0.25, 0.3) is 0 Å². The molecule has 0 aromatic heterocycles. The Morgan fingerprint density at radius 3 is 2.32 bits per heavy atom. The van der Waals surface area contributed by atoms with E-state index in [9.17, 15) is 12.8 Å². The number of halogens is 2. The van der Waals surface area contributed by atoms with Crippen molar-refractivity contribution in [2.24, 2.45) is 5.73 Å². The number of ether oxygens (including phenoxy) is 1. The van der Waals surface area contributed by atoms with Crippen molar-refractivity contribution < 1.29 is 17.5 Å². The highest BCUT2D eigenvalue weighted by molar-refractivity contribution is 7.92. The van der Waals surface area contributed by atoms with E-state index in [1.54, 1.807) is 12.1 Å². The van der Waals surface area contributed by atoms with E-state index in [-0.39, 0.29) is 17.3 Å². The van der Waals surface area contributed by atoms with E-state index < -0.39 is 26.5 Å². The molecule has 3 atom stereocenters. The second-order valence-corrected chi connectivity index (χ2v) is 8.70. The topological polar surface area (TPSA) is 69.4 Å². The Morgan fingerprint density at radius 2 is 1.76 bits per heavy atom. The molecule has 3 rings (SSSR count). The monoisotopic (exact) mass is 383 g/mol. The van der Waals surface area contributed by atoms with Crippen LogP contribution in [-0.2, 0) is 14.6 Å². The zero-order chi connectivity index (χ0) is 18.2. The van der Waals surface area contributed by atoms with Crippen molar-refractivity contribution in [3.63, 3.8) is 0 Å². The van der Waals surface area contributed by atoms with Gasteiger partial charge in [-0.25, -0.2) is 12.8 Å². The van der Waals surface area contributed by atoms with Gasteiger partial charge in [0.05, 0.1) is 22.3 Å². The summed E-state index contributed by atoms with van der Waals surface area (Å²) in [5, 5.41) is -0.378. The molecule has 4 nitrogen and oxygen atoms in total. The van der Waals surface area contributed by atoms with Crippen molar-refractivity contribution in [1.82, 2.24) is 0 Å². The first-order valence-corrected chi connectivity index (χ1v) is 9.84. The summed E-state index contributed by atoms with van der Waals surface area (Å²) in [6.45, 7) is 2.37. The van der Waals surface area contributed by atoms with Crippen LogP contribution in [0.1, 0.15) is 18.4 Å². The summed E-state index contributed by atoms with van der Waals surface area (Å²) in [7, 11) is -3.69. The van der Waals surface area contributed by atoms with Gasteiger partial charge in [0, 0.05) is 17.5 Å². The summed E-state index contributed by atoms with van der Waals surface area (Å²) in [6.07, 6.45) is 0. The van der Waals surface area contributed by atoms with Crippen molar-refractivity contribution in [1.29, 1.82) is 0 Å². The van der Waals surface area contributed by atoms with Crippen LogP contribution in [0, 0.1) is 5.82 Å². The minimum absolute atomic E-state index is 0.114. The Hall–Kier alpha value is -1.47. The van der Waals surface area contributed by atoms with Crippen LogP contribution in [0.15, 0.2) is 53.4 Å². The molecule has 2 aromatic carbocycles. The lowest BCUT2D eigenvalue weighted by Gasteiger charge is -2.12. The lowest BCUT2D eigenvalue weighted by atomic mass is 10.1. The SMILES string of the molecule is CCOCC1(N)C(c2ccc(F)cc2)C1S(=O)(=O)c1ccc(Cl)cc1. The zero-order valence-electron chi connectivity index (χ0n) is 13.7. The van der Waals surface area contributed by atoms with E-state index in [1.807, 2.05) is 6.92 Å². The second kappa shape index (κ2) is 6.68. The fourth-order valence-corrected chi connectivity index (χ4v) is 5.68. The van der Waals surface area contributed by atoms with Crippen LogP contribution in [0.5, 0.6) is 0 Å². The summed E-state index contributed by atoms with van der Waals surface area (Å²) in [6, 6.07) is 11.8.